The van der Waals surface area contributed by atoms with Crippen LogP contribution in [-0.4, -0.2) is 24.5 Å². The lowest BCUT2D eigenvalue weighted by Gasteiger charge is -2.05. The van der Waals surface area contributed by atoms with E-state index in [0.717, 1.165) is 0 Å². The van der Waals surface area contributed by atoms with Crippen LogP contribution in [0, 0.1) is 0 Å². The number of benzene rings is 1. The average Bonchev–Trinajstić information content (AvgIpc) is 2.90. The molecule has 0 spiro atoms. The van der Waals surface area contributed by atoms with E-state index in [2.05, 4.69) is 19.9 Å². The molecule has 2 heterocycles. The maximum atomic E-state index is 5.98. The Morgan fingerprint density at radius 3 is 2.30 bits per heavy atom. The van der Waals surface area contributed by atoms with Crippen molar-refractivity contribution >= 4 is 34.8 Å². The van der Waals surface area contributed by atoms with Crippen LogP contribution in [0.1, 0.15) is 0 Å². The first kappa shape index (κ1) is 13.3. The van der Waals surface area contributed by atoms with Gasteiger partial charge in [0.1, 0.15) is 6.33 Å². The fourth-order valence-corrected chi connectivity index (χ4v) is 2.33. The first-order valence-corrected chi connectivity index (χ1v) is 6.61. The Balaban J connectivity index is 2.14. The van der Waals surface area contributed by atoms with Gasteiger partial charge in [-0.05, 0) is 29.8 Å². The van der Waals surface area contributed by atoms with E-state index in [0.29, 0.717) is 27.4 Å². The van der Waals surface area contributed by atoms with Crippen LogP contribution in [0.4, 0.5) is 0 Å². The summed E-state index contributed by atoms with van der Waals surface area (Å²) in [4.78, 5) is 16.4. The molecule has 1 aromatic carbocycles. The Bertz CT molecular complexity index is 738. The molecule has 0 aliphatic heterocycles. The molecule has 0 saturated carbocycles. The van der Waals surface area contributed by atoms with Gasteiger partial charge in [0.05, 0.1) is 0 Å². The van der Waals surface area contributed by atoms with E-state index in [4.69, 9.17) is 34.8 Å². The van der Waals surface area contributed by atoms with Crippen molar-refractivity contribution in [2.24, 2.45) is 0 Å². The highest BCUT2D eigenvalue weighted by Gasteiger charge is 2.10. The van der Waals surface area contributed by atoms with E-state index in [1.165, 1.54) is 0 Å². The fraction of sp³-hybridized carbons (Fsp3) is 0. The standard InChI is InChI=1S/C12H6Cl3N5/c13-8-3-7(4-9(14)5-8)10-17-11(15)19-12(18-10)20-2-1-16-6-20/h1-6H. The number of halogens is 3. The third kappa shape index (κ3) is 2.75. The van der Waals surface area contributed by atoms with Gasteiger partial charge in [-0.15, -0.1) is 0 Å². The monoisotopic (exact) mass is 325 g/mol. The lowest BCUT2D eigenvalue weighted by atomic mass is 10.2. The summed E-state index contributed by atoms with van der Waals surface area (Å²) < 4.78 is 1.63. The van der Waals surface area contributed by atoms with Crippen LogP contribution in [0.3, 0.4) is 0 Å². The van der Waals surface area contributed by atoms with Gasteiger partial charge in [-0.3, -0.25) is 4.57 Å². The Morgan fingerprint density at radius 1 is 0.900 bits per heavy atom. The molecule has 0 atom stereocenters. The second-order valence-corrected chi connectivity index (χ2v) is 5.07. The van der Waals surface area contributed by atoms with E-state index < -0.39 is 0 Å². The van der Waals surface area contributed by atoms with Crippen molar-refractivity contribution in [2.45, 2.75) is 0 Å². The van der Waals surface area contributed by atoms with Crippen molar-refractivity contribution in [3.05, 3.63) is 52.2 Å². The zero-order valence-corrected chi connectivity index (χ0v) is 12.1. The van der Waals surface area contributed by atoms with E-state index in [-0.39, 0.29) is 5.28 Å². The molecule has 0 aliphatic rings. The molecule has 0 bridgehead atoms. The lowest BCUT2D eigenvalue weighted by molar-refractivity contribution is 0.899. The van der Waals surface area contributed by atoms with Gasteiger partial charge in [0.25, 0.3) is 0 Å². The van der Waals surface area contributed by atoms with Gasteiger partial charge in [0, 0.05) is 28.0 Å². The summed E-state index contributed by atoms with van der Waals surface area (Å²) in [5.74, 6) is 0.756. The Hall–Kier alpha value is -1.69. The minimum Gasteiger partial charge on any atom is -0.274 e. The van der Waals surface area contributed by atoms with Crippen molar-refractivity contribution in [1.82, 2.24) is 24.5 Å². The molecule has 20 heavy (non-hydrogen) atoms. The summed E-state index contributed by atoms with van der Waals surface area (Å²) in [6.07, 6.45) is 4.90. The quantitative estimate of drug-likeness (QED) is 0.721. The normalized spacial score (nSPS) is 10.8. The molecule has 0 fully saturated rings. The van der Waals surface area contributed by atoms with Crippen LogP contribution in [-0.2, 0) is 0 Å². The van der Waals surface area contributed by atoms with Gasteiger partial charge in [-0.25, -0.2) is 4.98 Å². The van der Waals surface area contributed by atoms with Gasteiger partial charge >= 0.3 is 0 Å². The molecule has 5 nitrogen and oxygen atoms in total. The van der Waals surface area contributed by atoms with Crippen LogP contribution in [0.15, 0.2) is 36.9 Å². The zero-order chi connectivity index (χ0) is 14.1. The number of nitrogens with zero attached hydrogens (tertiary/aromatic N) is 5. The van der Waals surface area contributed by atoms with Crippen LogP contribution < -0.4 is 0 Å². The molecule has 0 radical (unpaired) electrons. The largest absolute Gasteiger partial charge is 0.274 e. The minimum absolute atomic E-state index is 0.0785. The highest BCUT2D eigenvalue weighted by Crippen LogP contribution is 2.25. The van der Waals surface area contributed by atoms with Gasteiger partial charge < -0.3 is 0 Å². The first-order valence-electron chi connectivity index (χ1n) is 5.48. The number of aromatic nitrogens is 5. The molecular weight excluding hydrogens is 321 g/mol. The van der Waals surface area contributed by atoms with Crippen LogP contribution in [0.5, 0.6) is 0 Å². The SMILES string of the molecule is Clc1cc(Cl)cc(-c2nc(Cl)nc(-n3ccnc3)n2)c1. The maximum absolute atomic E-state index is 5.98. The van der Waals surface area contributed by atoms with Crippen molar-refractivity contribution in [2.75, 3.05) is 0 Å². The number of hydrogen-bond donors (Lipinski definition) is 0. The molecule has 0 saturated heterocycles. The smallest absolute Gasteiger partial charge is 0.239 e. The van der Waals surface area contributed by atoms with Crippen molar-refractivity contribution in [1.29, 1.82) is 0 Å². The molecule has 3 rings (SSSR count). The Morgan fingerprint density at radius 2 is 1.65 bits per heavy atom. The van der Waals surface area contributed by atoms with Gasteiger partial charge in [0.2, 0.25) is 11.2 Å². The Kier molecular flexibility index (Phi) is 3.56. The van der Waals surface area contributed by atoms with E-state index >= 15 is 0 Å². The number of hydrogen-bond acceptors (Lipinski definition) is 4. The highest BCUT2D eigenvalue weighted by molar-refractivity contribution is 6.35. The molecule has 8 heteroatoms. The summed E-state index contributed by atoms with van der Waals surface area (Å²) in [5.41, 5.74) is 0.660. The van der Waals surface area contributed by atoms with Crippen LogP contribution >= 0.6 is 34.8 Å². The second-order valence-electron chi connectivity index (χ2n) is 3.86. The summed E-state index contributed by atoms with van der Waals surface area (Å²) in [7, 11) is 0. The summed E-state index contributed by atoms with van der Waals surface area (Å²) in [6.45, 7) is 0. The van der Waals surface area contributed by atoms with Crippen LogP contribution in [0.2, 0.25) is 15.3 Å². The topological polar surface area (TPSA) is 56.5 Å². The molecule has 2 aromatic heterocycles. The number of imidazole rings is 1. The average molecular weight is 327 g/mol. The third-order valence-electron chi connectivity index (χ3n) is 2.45. The predicted octanol–water partition coefficient (Wildman–Crippen LogP) is 3.68. The molecular formula is C12H6Cl3N5. The number of rotatable bonds is 2. The molecule has 0 amide bonds. The van der Waals surface area contributed by atoms with Gasteiger partial charge in [-0.2, -0.15) is 15.0 Å². The maximum Gasteiger partial charge on any atom is 0.239 e. The first-order chi connectivity index (χ1) is 9.61. The zero-order valence-electron chi connectivity index (χ0n) is 9.83. The molecule has 3 aromatic rings. The minimum atomic E-state index is 0.0785. The van der Waals surface area contributed by atoms with Crippen LogP contribution in [0.25, 0.3) is 17.3 Å². The molecule has 0 aliphatic carbocycles. The summed E-state index contributed by atoms with van der Waals surface area (Å²) >= 11 is 17.9. The summed E-state index contributed by atoms with van der Waals surface area (Å²) in [6, 6.07) is 5.04. The third-order valence-corrected chi connectivity index (χ3v) is 3.06. The van der Waals surface area contributed by atoms with E-state index in [1.807, 2.05) is 0 Å². The molecule has 100 valence electrons. The lowest BCUT2D eigenvalue weighted by Crippen LogP contribution is -2.03. The fourth-order valence-electron chi connectivity index (χ4n) is 1.64. The Labute approximate surface area is 129 Å². The van der Waals surface area contributed by atoms with E-state index in [9.17, 15) is 0 Å². The van der Waals surface area contributed by atoms with Gasteiger partial charge in [0.15, 0.2) is 5.82 Å². The van der Waals surface area contributed by atoms with Crippen molar-refractivity contribution in [3.8, 4) is 17.3 Å². The second kappa shape index (κ2) is 5.36. The van der Waals surface area contributed by atoms with Crippen molar-refractivity contribution < 1.29 is 0 Å². The summed E-state index contributed by atoms with van der Waals surface area (Å²) in [5, 5.41) is 1.07. The van der Waals surface area contributed by atoms with E-state index in [1.54, 1.807) is 41.5 Å². The highest BCUT2D eigenvalue weighted by atomic mass is 35.5. The molecule has 0 unspecified atom stereocenters. The molecule has 0 N–H and O–H groups in total. The van der Waals surface area contributed by atoms with Gasteiger partial charge in [-0.1, -0.05) is 23.2 Å². The van der Waals surface area contributed by atoms with Crippen molar-refractivity contribution in [3.63, 3.8) is 0 Å². The predicted molar refractivity (Wildman–Crippen MR) is 77.4 cm³/mol.